The van der Waals surface area contributed by atoms with E-state index in [9.17, 15) is 14.4 Å². The first kappa shape index (κ1) is 23.7. The molecule has 0 aliphatic carbocycles. The summed E-state index contributed by atoms with van der Waals surface area (Å²) in [6, 6.07) is 12.4. The molecule has 0 fully saturated rings. The lowest BCUT2D eigenvalue weighted by molar-refractivity contribution is -0.139. The second-order valence-corrected chi connectivity index (χ2v) is 7.82. The van der Waals surface area contributed by atoms with Crippen LogP contribution in [0.25, 0.3) is 0 Å². The third-order valence-corrected chi connectivity index (χ3v) is 4.11. The van der Waals surface area contributed by atoms with Gasteiger partial charge in [0.05, 0.1) is 13.2 Å². The van der Waals surface area contributed by atoms with Crippen LogP contribution in [0.3, 0.4) is 0 Å². The lowest BCUT2D eigenvalue weighted by Gasteiger charge is -2.23. The Bertz CT molecular complexity index is 899. The molecular formula is C23H27NO7. The number of ketones is 1. The van der Waals surface area contributed by atoms with E-state index in [0.29, 0.717) is 17.1 Å². The fraction of sp³-hybridized carbons (Fsp3) is 0.348. The summed E-state index contributed by atoms with van der Waals surface area (Å²) in [4.78, 5) is 36.1. The molecule has 0 saturated carbocycles. The van der Waals surface area contributed by atoms with Crippen molar-refractivity contribution in [1.82, 2.24) is 5.32 Å². The number of alkyl carbamates (subject to hydrolysis) is 1. The topological polar surface area (TPSA) is 111 Å². The van der Waals surface area contributed by atoms with Gasteiger partial charge in [-0.05, 0) is 62.7 Å². The monoisotopic (exact) mass is 429 g/mol. The van der Waals surface area contributed by atoms with Gasteiger partial charge in [0, 0.05) is 12.0 Å². The van der Waals surface area contributed by atoms with E-state index in [1.165, 1.54) is 24.3 Å². The number of carbonyl (C=O) groups is 3. The Morgan fingerprint density at radius 3 is 2.06 bits per heavy atom. The summed E-state index contributed by atoms with van der Waals surface area (Å²) in [5.41, 5.74) is 0.467. The number of amides is 1. The highest BCUT2D eigenvalue weighted by Crippen LogP contribution is 2.18. The highest BCUT2D eigenvalue weighted by Gasteiger charge is 2.25. The summed E-state index contributed by atoms with van der Waals surface area (Å²) in [5, 5.41) is 11.3. The van der Waals surface area contributed by atoms with Crippen LogP contribution < -0.4 is 14.8 Å². The van der Waals surface area contributed by atoms with Gasteiger partial charge in [-0.3, -0.25) is 4.79 Å². The maximum Gasteiger partial charge on any atom is 0.408 e. The van der Waals surface area contributed by atoms with Gasteiger partial charge in [0.1, 0.15) is 17.1 Å². The molecule has 0 spiro atoms. The summed E-state index contributed by atoms with van der Waals surface area (Å²) in [6.45, 7) is 4.74. The maximum atomic E-state index is 13.1. The molecule has 0 saturated heterocycles. The largest absolute Gasteiger partial charge is 0.497 e. The number of benzene rings is 2. The first-order valence-corrected chi connectivity index (χ1v) is 9.68. The van der Waals surface area contributed by atoms with E-state index in [2.05, 4.69) is 5.32 Å². The van der Waals surface area contributed by atoms with Gasteiger partial charge in [-0.15, -0.1) is 0 Å². The molecule has 0 aliphatic heterocycles. The van der Waals surface area contributed by atoms with Crippen molar-refractivity contribution in [3.63, 3.8) is 0 Å². The number of rotatable bonds is 9. The van der Waals surface area contributed by atoms with Gasteiger partial charge in [-0.25, -0.2) is 9.59 Å². The number of Topliss-reactive ketones (excluding diaryl/α,β-unsaturated/α-hetero) is 1. The third-order valence-electron chi connectivity index (χ3n) is 4.11. The van der Waals surface area contributed by atoms with Crippen LogP contribution in [0.15, 0.2) is 48.5 Å². The SMILES string of the molecule is COc1ccc(C[C@H](NC(=O)OC(C)(C)C)C(=O)c2ccc(OCC(=O)O)cc2)cc1. The molecule has 0 aromatic heterocycles. The van der Waals surface area contributed by atoms with Crippen molar-refractivity contribution in [3.05, 3.63) is 59.7 Å². The number of aliphatic carboxylic acids is 1. The molecule has 2 aromatic carbocycles. The van der Waals surface area contributed by atoms with E-state index < -0.39 is 30.3 Å². The molecule has 0 radical (unpaired) electrons. The lowest BCUT2D eigenvalue weighted by atomic mass is 9.97. The van der Waals surface area contributed by atoms with Gasteiger partial charge in [0.15, 0.2) is 12.4 Å². The molecule has 0 heterocycles. The van der Waals surface area contributed by atoms with Crippen molar-refractivity contribution in [3.8, 4) is 11.5 Å². The molecule has 1 amide bonds. The van der Waals surface area contributed by atoms with E-state index in [1.54, 1.807) is 40.0 Å². The van der Waals surface area contributed by atoms with Gasteiger partial charge in [0.2, 0.25) is 0 Å². The van der Waals surface area contributed by atoms with E-state index in [-0.39, 0.29) is 12.2 Å². The predicted molar refractivity (Wildman–Crippen MR) is 114 cm³/mol. The molecule has 0 unspecified atom stereocenters. The van der Waals surface area contributed by atoms with Crippen LogP contribution in [0.5, 0.6) is 11.5 Å². The molecule has 31 heavy (non-hydrogen) atoms. The standard InChI is InChI=1S/C23H27NO7/c1-23(2,3)31-22(28)24-19(13-15-5-9-17(29-4)10-6-15)21(27)16-7-11-18(12-8-16)30-14-20(25)26/h5-12,19H,13-14H2,1-4H3,(H,24,28)(H,25,26)/t19-/m0/s1. The summed E-state index contributed by atoms with van der Waals surface area (Å²) in [5.74, 6) is -0.401. The van der Waals surface area contributed by atoms with Crippen molar-refractivity contribution >= 4 is 17.8 Å². The van der Waals surface area contributed by atoms with Crippen LogP contribution in [0.4, 0.5) is 4.79 Å². The number of hydrogen-bond acceptors (Lipinski definition) is 6. The van der Waals surface area contributed by atoms with Gasteiger partial charge in [-0.1, -0.05) is 12.1 Å². The van der Waals surface area contributed by atoms with E-state index in [4.69, 9.17) is 19.3 Å². The van der Waals surface area contributed by atoms with Crippen LogP contribution in [0.2, 0.25) is 0 Å². The fourth-order valence-electron chi connectivity index (χ4n) is 2.72. The summed E-state index contributed by atoms with van der Waals surface area (Å²) >= 11 is 0. The number of methoxy groups -OCH3 is 1. The van der Waals surface area contributed by atoms with Gasteiger partial charge in [0.25, 0.3) is 0 Å². The minimum absolute atomic E-state index is 0.249. The van der Waals surface area contributed by atoms with Crippen LogP contribution >= 0.6 is 0 Å². The highest BCUT2D eigenvalue weighted by molar-refractivity contribution is 6.01. The van der Waals surface area contributed by atoms with Crippen molar-refractivity contribution in [2.75, 3.05) is 13.7 Å². The van der Waals surface area contributed by atoms with E-state index >= 15 is 0 Å². The second-order valence-electron chi connectivity index (χ2n) is 7.82. The smallest absolute Gasteiger partial charge is 0.408 e. The maximum absolute atomic E-state index is 13.1. The molecular weight excluding hydrogens is 402 g/mol. The molecule has 2 rings (SSSR count). The number of hydrogen-bond donors (Lipinski definition) is 2. The Labute approximate surface area is 181 Å². The van der Waals surface area contributed by atoms with Gasteiger partial charge in [-0.2, -0.15) is 0 Å². The van der Waals surface area contributed by atoms with Crippen LogP contribution in [-0.2, 0) is 16.0 Å². The minimum Gasteiger partial charge on any atom is -0.497 e. The zero-order valence-electron chi connectivity index (χ0n) is 18.0. The van der Waals surface area contributed by atoms with Crippen molar-refractivity contribution < 1.29 is 33.7 Å². The summed E-state index contributed by atoms with van der Waals surface area (Å²) in [6.07, 6.45) is -0.444. The Balaban J connectivity index is 2.19. The Hall–Kier alpha value is -3.55. The van der Waals surface area contributed by atoms with E-state index in [0.717, 1.165) is 5.56 Å². The average Bonchev–Trinajstić information content (AvgIpc) is 2.70. The van der Waals surface area contributed by atoms with Crippen LogP contribution in [-0.4, -0.2) is 48.3 Å². The number of carboxylic acids is 1. The Morgan fingerprint density at radius 1 is 0.968 bits per heavy atom. The molecule has 0 bridgehead atoms. The molecule has 2 aromatic rings. The summed E-state index contributed by atoms with van der Waals surface area (Å²) < 4.78 is 15.5. The first-order chi connectivity index (χ1) is 14.6. The Morgan fingerprint density at radius 2 is 1.55 bits per heavy atom. The van der Waals surface area contributed by atoms with Crippen LogP contribution in [0.1, 0.15) is 36.7 Å². The van der Waals surface area contributed by atoms with Crippen LogP contribution in [0, 0.1) is 0 Å². The van der Waals surface area contributed by atoms with Crippen molar-refractivity contribution in [2.24, 2.45) is 0 Å². The van der Waals surface area contributed by atoms with Crippen molar-refractivity contribution in [1.29, 1.82) is 0 Å². The first-order valence-electron chi connectivity index (χ1n) is 9.68. The second kappa shape index (κ2) is 10.5. The zero-order chi connectivity index (χ0) is 23.0. The lowest BCUT2D eigenvalue weighted by Crippen LogP contribution is -2.44. The number of nitrogens with one attached hydrogen (secondary N) is 1. The molecule has 1 atom stereocenters. The van der Waals surface area contributed by atoms with E-state index in [1.807, 2.05) is 12.1 Å². The quantitative estimate of drug-likeness (QED) is 0.587. The molecule has 8 heteroatoms. The average molecular weight is 429 g/mol. The molecule has 2 N–H and O–H groups in total. The van der Waals surface area contributed by atoms with Crippen molar-refractivity contribution in [2.45, 2.75) is 38.8 Å². The highest BCUT2D eigenvalue weighted by atomic mass is 16.6. The molecule has 8 nitrogen and oxygen atoms in total. The summed E-state index contributed by atoms with van der Waals surface area (Å²) in [7, 11) is 1.56. The molecule has 166 valence electrons. The number of carbonyl (C=O) groups excluding carboxylic acids is 2. The fourth-order valence-corrected chi connectivity index (χ4v) is 2.72. The normalized spacial score (nSPS) is 11.9. The molecule has 0 aliphatic rings. The number of ether oxygens (including phenoxy) is 3. The van der Waals surface area contributed by atoms with Gasteiger partial charge < -0.3 is 24.6 Å². The zero-order valence-corrected chi connectivity index (χ0v) is 18.0. The third kappa shape index (κ3) is 8.00. The van der Waals surface area contributed by atoms with Gasteiger partial charge >= 0.3 is 12.1 Å². The predicted octanol–water partition coefficient (Wildman–Crippen LogP) is 3.48. The number of carboxylic acid groups (broad SMARTS) is 1. The minimum atomic E-state index is -1.10. The Kier molecular flexibility index (Phi) is 8.01.